The number of aryl methyl sites for hydroxylation is 1. The van der Waals surface area contributed by atoms with Gasteiger partial charge in [0.25, 0.3) is 0 Å². The summed E-state index contributed by atoms with van der Waals surface area (Å²) in [4.78, 5) is 14.6. The van der Waals surface area contributed by atoms with E-state index < -0.39 is 0 Å². The van der Waals surface area contributed by atoms with E-state index in [-0.39, 0.29) is 12.0 Å². The van der Waals surface area contributed by atoms with Gasteiger partial charge in [-0.15, -0.1) is 0 Å². The van der Waals surface area contributed by atoms with Crippen molar-refractivity contribution in [1.29, 1.82) is 0 Å². The van der Waals surface area contributed by atoms with Gasteiger partial charge < -0.3 is 15.4 Å². The fourth-order valence-corrected chi connectivity index (χ4v) is 3.34. The smallest absolute Gasteiger partial charge is 0.238 e. The Bertz CT molecular complexity index is 609. The molecule has 0 spiro atoms. The van der Waals surface area contributed by atoms with Crippen molar-refractivity contribution in [3.63, 3.8) is 0 Å². The van der Waals surface area contributed by atoms with Crippen molar-refractivity contribution in [2.75, 3.05) is 36.8 Å². The molecule has 25 heavy (non-hydrogen) atoms. The SMILES string of the molecule is Cc1ccc(NCC2CCC=CO2)cc1NC(=O)CN1CCCCC1. The van der Waals surface area contributed by atoms with Crippen LogP contribution in [0.15, 0.2) is 30.5 Å². The van der Waals surface area contributed by atoms with Crippen LogP contribution in [-0.4, -0.2) is 43.1 Å². The average Bonchev–Trinajstić information content (AvgIpc) is 2.64. The molecule has 0 radical (unpaired) electrons. The topological polar surface area (TPSA) is 53.6 Å². The number of likely N-dealkylation sites (tertiary alicyclic amines) is 1. The minimum absolute atomic E-state index is 0.0721. The third-order valence-corrected chi connectivity index (χ3v) is 4.88. The number of hydrogen-bond donors (Lipinski definition) is 2. The van der Waals surface area contributed by atoms with Gasteiger partial charge in [0.2, 0.25) is 5.91 Å². The molecule has 136 valence electrons. The first kappa shape index (κ1) is 17.8. The van der Waals surface area contributed by atoms with Gasteiger partial charge in [-0.05, 0) is 69.5 Å². The van der Waals surface area contributed by atoms with E-state index in [1.807, 2.05) is 25.1 Å². The van der Waals surface area contributed by atoms with E-state index in [0.29, 0.717) is 6.54 Å². The summed E-state index contributed by atoms with van der Waals surface area (Å²) in [5.74, 6) is 0.0721. The second-order valence-corrected chi connectivity index (χ2v) is 7.00. The van der Waals surface area contributed by atoms with Crippen molar-refractivity contribution in [3.05, 3.63) is 36.1 Å². The van der Waals surface area contributed by atoms with E-state index in [9.17, 15) is 4.79 Å². The number of anilines is 2. The summed E-state index contributed by atoms with van der Waals surface area (Å²) in [6.07, 6.45) is 9.84. The monoisotopic (exact) mass is 343 g/mol. The second kappa shape index (κ2) is 8.90. The molecule has 0 saturated carbocycles. The van der Waals surface area contributed by atoms with Crippen LogP contribution in [0.3, 0.4) is 0 Å². The van der Waals surface area contributed by atoms with E-state index in [1.165, 1.54) is 19.3 Å². The Morgan fingerprint density at radius 2 is 2.12 bits per heavy atom. The number of rotatable bonds is 6. The summed E-state index contributed by atoms with van der Waals surface area (Å²) in [5, 5.41) is 6.49. The molecule has 2 heterocycles. The third-order valence-electron chi connectivity index (χ3n) is 4.88. The van der Waals surface area contributed by atoms with Gasteiger partial charge >= 0.3 is 0 Å². The van der Waals surface area contributed by atoms with Gasteiger partial charge in [-0.3, -0.25) is 9.69 Å². The number of carbonyl (C=O) groups excluding carboxylic acids is 1. The molecule has 2 N–H and O–H groups in total. The van der Waals surface area contributed by atoms with E-state index in [1.54, 1.807) is 6.26 Å². The van der Waals surface area contributed by atoms with Crippen molar-refractivity contribution >= 4 is 17.3 Å². The van der Waals surface area contributed by atoms with E-state index >= 15 is 0 Å². The normalized spacial score (nSPS) is 20.8. The summed E-state index contributed by atoms with van der Waals surface area (Å²) in [7, 11) is 0. The Hall–Kier alpha value is -2.01. The number of nitrogens with zero attached hydrogens (tertiary/aromatic N) is 1. The first-order valence-electron chi connectivity index (χ1n) is 9.38. The van der Waals surface area contributed by atoms with E-state index in [2.05, 4.69) is 21.6 Å². The van der Waals surface area contributed by atoms with Crippen molar-refractivity contribution in [1.82, 2.24) is 4.90 Å². The molecule has 1 saturated heterocycles. The molecule has 0 aromatic heterocycles. The fraction of sp³-hybridized carbons (Fsp3) is 0.550. The number of allylic oxidation sites excluding steroid dienone is 1. The molecule has 1 unspecified atom stereocenters. The number of hydrogen-bond acceptors (Lipinski definition) is 4. The van der Waals surface area contributed by atoms with Crippen LogP contribution in [0.2, 0.25) is 0 Å². The van der Waals surface area contributed by atoms with Crippen LogP contribution in [0, 0.1) is 6.92 Å². The molecular weight excluding hydrogens is 314 g/mol. The van der Waals surface area contributed by atoms with Crippen LogP contribution < -0.4 is 10.6 Å². The molecule has 3 rings (SSSR count). The number of ether oxygens (including phenoxy) is 1. The molecule has 0 aliphatic carbocycles. The maximum absolute atomic E-state index is 12.3. The Kier molecular flexibility index (Phi) is 6.34. The molecule has 0 bridgehead atoms. The molecule has 1 fully saturated rings. The van der Waals surface area contributed by atoms with Gasteiger partial charge in [0.15, 0.2) is 0 Å². The zero-order valence-corrected chi connectivity index (χ0v) is 15.1. The maximum atomic E-state index is 12.3. The fourth-order valence-electron chi connectivity index (χ4n) is 3.34. The summed E-state index contributed by atoms with van der Waals surface area (Å²) in [6, 6.07) is 6.11. The van der Waals surface area contributed by atoms with Crippen LogP contribution in [0.1, 0.15) is 37.7 Å². The highest BCUT2D eigenvalue weighted by atomic mass is 16.5. The van der Waals surface area contributed by atoms with Gasteiger partial charge in [-0.1, -0.05) is 12.5 Å². The van der Waals surface area contributed by atoms with Crippen LogP contribution in [-0.2, 0) is 9.53 Å². The zero-order valence-electron chi connectivity index (χ0n) is 15.1. The van der Waals surface area contributed by atoms with E-state index in [0.717, 1.165) is 49.4 Å². The second-order valence-electron chi connectivity index (χ2n) is 7.00. The number of carbonyl (C=O) groups is 1. The molecule has 1 aromatic rings. The van der Waals surface area contributed by atoms with E-state index in [4.69, 9.17) is 4.74 Å². The molecule has 1 amide bonds. The molecule has 2 aliphatic rings. The lowest BCUT2D eigenvalue weighted by Crippen LogP contribution is -2.36. The molecule has 5 heteroatoms. The van der Waals surface area contributed by atoms with Crippen molar-refractivity contribution in [2.45, 2.75) is 45.1 Å². The number of nitrogens with one attached hydrogen (secondary N) is 2. The van der Waals surface area contributed by atoms with Crippen molar-refractivity contribution < 1.29 is 9.53 Å². The lowest BCUT2D eigenvalue weighted by atomic mass is 10.1. The molecular formula is C20H29N3O2. The van der Waals surface area contributed by atoms with Gasteiger partial charge in [0, 0.05) is 11.4 Å². The van der Waals surface area contributed by atoms with Gasteiger partial charge in [0.1, 0.15) is 6.10 Å². The average molecular weight is 343 g/mol. The van der Waals surface area contributed by atoms with Crippen LogP contribution in [0.4, 0.5) is 11.4 Å². The largest absolute Gasteiger partial charge is 0.497 e. The summed E-state index contributed by atoms with van der Waals surface area (Å²) >= 11 is 0. The highest BCUT2D eigenvalue weighted by molar-refractivity contribution is 5.93. The van der Waals surface area contributed by atoms with Gasteiger partial charge in [-0.2, -0.15) is 0 Å². The third kappa shape index (κ3) is 5.49. The van der Waals surface area contributed by atoms with Crippen LogP contribution in [0.5, 0.6) is 0 Å². The number of piperidine rings is 1. The Balaban J connectivity index is 1.53. The van der Waals surface area contributed by atoms with Crippen LogP contribution >= 0.6 is 0 Å². The quantitative estimate of drug-likeness (QED) is 0.830. The van der Waals surface area contributed by atoms with Gasteiger partial charge in [0.05, 0.1) is 19.4 Å². The predicted molar refractivity (Wildman–Crippen MR) is 102 cm³/mol. The Labute approximate surface area is 150 Å². The van der Waals surface area contributed by atoms with Gasteiger partial charge in [-0.25, -0.2) is 0 Å². The first-order valence-corrected chi connectivity index (χ1v) is 9.38. The zero-order chi connectivity index (χ0) is 17.5. The van der Waals surface area contributed by atoms with Crippen molar-refractivity contribution in [3.8, 4) is 0 Å². The number of benzene rings is 1. The van der Waals surface area contributed by atoms with Crippen LogP contribution in [0.25, 0.3) is 0 Å². The molecule has 1 aromatic carbocycles. The standard InChI is InChI=1S/C20H29N3O2/c1-16-8-9-17(21-14-18-7-3-6-12-25-18)13-19(16)22-20(24)15-23-10-4-2-5-11-23/h6,8-9,12-13,18,21H,2-5,7,10-11,14-15H2,1H3,(H,22,24). The minimum atomic E-state index is 0.0721. The first-order chi connectivity index (χ1) is 12.2. The molecule has 5 nitrogen and oxygen atoms in total. The Morgan fingerprint density at radius 1 is 1.28 bits per heavy atom. The molecule has 2 aliphatic heterocycles. The minimum Gasteiger partial charge on any atom is -0.497 e. The highest BCUT2D eigenvalue weighted by Crippen LogP contribution is 2.21. The Morgan fingerprint density at radius 3 is 2.88 bits per heavy atom. The summed E-state index contributed by atoms with van der Waals surface area (Å²) in [6.45, 7) is 5.34. The maximum Gasteiger partial charge on any atom is 0.238 e. The predicted octanol–water partition coefficient (Wildman–Crippen LogP) is 3.52. The summed E-state index contributed by atoms with van der Waals surface area (Å²) in [5.41, 5.74) is 2.97. The lowest BCUT2D eigenvalue weighted by Gasteiger charge is -2.25. The lowest BCUT2D eigenvalue weighted by molar-refractivity contribution is -0.117. The number of amides is 1. The highest BCUT2D eigenvalue weighted by Gasteiger charge is 2.15. The molecule has 1 atom stereocenters. The summed E-state index contributed by atoms with van der Waals surface area (Å²) < 4.78 is 5.58. The van der Waals surface area contributed by atoms with Crippen molar-refractivity contribution in [2.24, 2.45) is 0 Å².